The number of halogens is 1. The molecular weight excluding hydrogens is 324 g/mol. The smallest absolute Gasteiger partial charge is 0.337 e. The zero-order valence-corrected chi connectivity index (χ0v) is 12.1. The Kier molecular flexibility index (Phi) is 4.14. The standard InChI is InChI=1S/C14H11BrN2O3/c1-8-4-5-11(10(7-8)14(19)20)17-13(18)9-3-2-6-16-12(9)15/h2-7H,1H3,(H,17,18)(H,19,20). The van der Waals surface area contributed by atoms with E-state index in [1.165, 1.54) is 6.07 Å². The Balaban J connectivity index is 2.33. The molecule has 0 unspecified atom stereocenters. The number of nitrogens with one attached hydrogen (secondary N) is 1. The minimum absolute atomic E-state index is 0.0540. The fraction of sp³-hybridized carbons (Fsp3) is 0.0714. The lowest BCUT2D eigenvalue weighted by Crippen LogP contribution is -2.15. The molecule has 6 heteroatoms. The molecule has 5 nitrogen and oxygen atoms in total. The molecule has 0 saturated heterocycles. The van der Waals surface area contributed by atoms with Crippen molar-refractivity contribution < 1.29 is 14.7 Å². The van der Waals surface area contributed by atoms with Crippen LogP contribution in [0.1, 0.15) is 26.3 Å². The van der Waals surface area contributed by atoms with E-state index in [1.54, 1.807) is 37.4 Å². The van der Waals surface area contributed by atoms with Gasteiger partial charge >= 0.3 is 5.97 Å². The van der Waals surface area contributed by atoms with Crippen molar-refractivity contribution in [1.82, 2.24) is 4.98 Å². The molecule has 0 atom stereocenters. The highest BCUT2D eigenvalue weighted by atomic mass is 79.9. The molecule has 0 spiro atoms. The summed E-state index contributed by atoms with van der Waals surface area (Å²) in [4.78, 5) is 27.3. The van der Waals surface area contributed by atoms with Crippen molar-refractivity contribution in [3.63, 3.8) is 0 Å². The van der Waals surface area contributed by atoms with Crippen LogP contribution in [0.3, 0.4) is 0 Å². The maximum Gasteiger partial charge on any atom is 0.337 e. The van der Waals surface area contributed by atoms with E-state index in [2.05, 4.69) is 26.2 Å². The van der Waals surface area contributed by atoms with Crippen molar-refractivity contribution in [2.24, 2.45) is 0 Å². The molecule has 0 saturated carbocycles. The van der Waals surface area contributed by atoms with Gasteiger partial charge in [0.25, 0.3) is 5.91 Å². The second-order valence-electron chi connectivity index (χ2n) is 4.15. The normalized spacial score (nSPS) is 10.1. The van der Waals surface area contributed by atoms with E-state index in [4.69, 9.17) is 5.11 Å². The summed E-state index contributed by atoms with van der Waals surface area (Å²) in [6, 6.07) is 8.05. The number of hydrogen-bond acceptors (Lipinski definition) is 3. The van der Waals surface area contributed by atoms with Gasteiger partial charge in [-0.3, -0.25) is 4.79 Å². The molecule has 20 heavy (non-hydrogen) atoms. The van der Waals surface area contributed by atoms with E-state index in [0.717, 1.165) is 5.56 Å². The van der Waals surface area contributed by atoms with Crippen LogP contribution in [-0.4, -0.2) is 22.0 Å². The predicted molar refractivity (Wildman–Crippen MR) is 78.0 cm³/mol. The third-order valence-electron chi connectivity index (χ3n) is 2.66. The van der Waals surface area contributed by atoms with E-state index < -0.39 is 11.9 Å². The molecule has 2 rings (SSSR count). The molecular formula is C14H11BrN2O3. The molecule has 0 bridgehead atoms. The quantitative estimate of drug-likeness (QED) is 0.845. The average molecular weight is 335 g/mol. The Bertz CT molecular complexity index is 686. The van der Waals surface area contributed by atoms with Gasteiger partial charge in [0, 0.05) is 6.20 Å². The van der Waals surface area contributed by atoms with Crippen molar-refractivity contribution >= 4 is 33.5 Å². The highest BCUT2D eigenvalue weighted by Gasteiger charge is 2.15. The van der Waals surface area contributed by atoms with Gasteiger partial charge in [0.2, 0.25) is 0 Å². The highest BCUT2D eigenvalue weighted by molar-refractivity contribution is 9.10. The number of hydrogen-bond donors (Lipinski definition) is 2. The first-order chi connectivity index (χ1) is 9.49. The van der Waals surface area contributed by atoms with Gasteiger partial charge in [-0.25, -0.2) is 9.78 Å². The Morgan fingerprint density at radius 1 is 1.25 bits per heavy atom. The van der Waals surface area contributed by atoms with E-state index in [9.17, 15) is 9.59 Å². The molecule has 1 aromatic heterocycles. The number of rotatable bonds is 3. The maximum atomic E-state index is 12.1. The van der Waals surface area contributed by atoms with Crippen LogP contribution >= 0.6 is 15.9 Å². The summed E-state index contributed by atoms with van der Waals surface area (Å²) in [5.74, 6) is -1.51. The Morgan fingerprint density at radius 3 is 2.65 bits per heavy atom. The first-order valence-corrected chi connectivity index (χ1v) is 6.54. The number of carboxylic acid groups (broad SMARTS) is 1. The minimum atomic E-state index is -1.09. The van der Waals surface area contributed by atoms with Gasteiger partial charge in [0.05, 0.1) is 16.8 Å². The molecule has 0 aliphatic rings. The summed E-state index contributed by atoms with van der Waals surface area (Å²) >= 11 is 3.18. The first kappa shape index (κ1) is 14.2. The summed E-state index contributed by atoms with van der Waals surface area (Å²) in [5, 5.41) is 11.7. The molecule has 1 heterocycles. The van der Waals surface area contributed by atoms with Crippen LogP contribution < -0.4 is 5.32 Å². The Hall–Kier alpha value is -2.21. The van der Waals surface area contributed by atoms with Crippen molar-refractivity contribution in [3.05, 3.63) is 57.8 Å². The number of aromatic carboxylic acids is 1. The number of nitrogens with zero attached hydrogens (tertiary/aromatic N) is 1. The number of carbonyl (C=O) groups is 2. The predicted octanol–water partition coefficient (Wildman–Crippen LogP) is 3.10. The van der Waals surface area contributed by atoms with Crippen molar-refractivity contribution in [3.8, 4) is 0 Å². The Morgan fingerprint density at radius 2 is 2.00 bits per heavy atom. The van der Waals surface area contributed by atoms with Gasteiger partial charge in [-0.2, -0.15) is 0 Å². The summed E-state index contributed by atoms with van der Waals surface area (Å²) in [6.45, 7) is 1.79. The number of pyridine rings is 1. The number of aromatic nitrogens is 1. The van der Waals surface area contributed by atoms with Crippen LogP contribution in [0.2, 0.25) is 0 Å². The molecule has 1 aromatic carbocycles. The molecule has 0 fully saturated rings. The van der Waals surface area contributed by atoms with E-state index >= 15 is 0 Å². The maximum absolute atomic E-state index is 12.1. The Labute approximate surface area is 123 Å². The van der Waals surface area contributed by atoms with E-state index in [0.29, 0.717) is 10.2 Å². The molecule has 0 aliphatic carbocycles. The molecule has 0 aliphatic heterocycles. The lowest BCUT2D eigenvalue weighted by Gasteiger charge is -2.10. The highest BCUT2D eigenvalue weighted by Crippen LogP contribution is 2.20. The largest absolute Gasteiger partial charge is 0.478 e. The fourth-order valence-electron chi connectivity index (χ4n) is 1.69. The van der Waals surface area contributed by atoms with Crippen molar-refractivity contribution in [2.75, 3.05) is 5.32 Å². The number of carboxylic acids is 1. The molecule has 2 N–H and O–H groups in total. The van der Waals surface area contributed by atoms with Gasteiger partial charge in [-0.05, 0) is 47.1 Å². The third kappa shape index (κ3) is 3.03. The molecule has 2 aromatic rings. The fourth-order valence-corrected chi connectivity index (χ4v) is 2.12. The minimum Gasteiger partial charge on any atom is -0.478 e. The summed E-state index contributed by atoms with van der Waals surface area (Å²) in [6.07, 6.45) is 1.55. The second kappa shape index (κ2) is 5.83. The number of benzene rings is 1. The monoisotopic (exact) mass is 334 g/mol. The number of aryl methyl sites for hydroxylation is 1. The van der Waals surface area contributed by atoms with Crippen LogP contribution in [0.15, 0.2) is 41.1 Å². The van der Waals surface area contributed by atoms with Gasteiger partial charge < -0.3 is 10.4 Å². The summed E-state index contributed by atoms with van der Waals surface area (Å²) < 4.78 is 0.404. The number of carbonyl (C=O) groups excluding carboxylic acids is 1. The van der Waals surface area contributed by atoms with Gasteiger partial charge in [-0.1, -0.05) is 11.6 Å². The van der Waals surface area contributed by atoms with E-state index in [1.807, 2.05) is 0 Å². The van der Waals surface area contributed by atoms with Crippen molar-refractivity contribution in [1.29, 1.82) is 0 Å². The first-order valence-electron chi connectivity index (χ1n) is 5.75. The second-order valence-corrected chi connectivity index (χ2v) is 4.90. The van der Waals surface area contributed by atoms with Crippen LogP contribution in [0, 0.1) is 6.92 Å². The van der Waals surface area contributed by atoms with Crippen LogP contribution in [0.5, 0.6) is 0 Å². The van der Waals surface area contributed by atoms with Crippen LogP contribution in [0.25, 0.3) is 0 Å². The summed E-state index contributed by atoms with van der Waals surface area (Å²) in [7, 11) is 0. The van der Waals surface area contributed by atoms with E-state index in [-0.39, 0.29) is 11.3 Å². The average Bonchev–Trinajstić information content (AvgIpc) is 2.41. The zero-order valence-electron chi connectivity index (χ0n) is 10.6. The zero-order chi connectivity index (χ0) is 14.7. The topological polar surface area (TPSA) is 79.3 Å². The molecule has 1 amide bonds. The lowest BCUT2D eigenvalue weighted by atomic mass is 10.1. The third-order valence-corrected chi connectivity index (χ3v) is 3.29. The van der Waals surface area contributed by atoms with Crippen LogP contribution in [-0.2, 0) is 0 Å². The number of anilines is 1. The summed E-state index contributed by atoms with van der Waals surface area (Å²) in [5.41, 5.74) is 1.45. The molecule has 0 radical (unpaired) electrons. The molecule has 102 valence electrons. The van der Waals surface area contributed by atoms with Crippen LogP contribution in [0.4, 0.5) is 5.69 Å². The van der Waals surface area contributed by atoms with Gasteiger partial charge in [0.15, 0.2) is 0 Å². The lowest BCUT2D eigenvalue weighted by molar-refractivity contribution is 0.0698. The van der Waals surface area contributed by atoms with Gasteiger partial charge in [0.1, 0.15) is 4.60 Å². The van der Waals surface area contributed by atoms with Gasteiger partial charge in [-0.15, -0.1) is 0 Å². The number of amides is 1. The van der Waals surface area contributed by atoms with Crippen molar-refractivity contribution in [2.45, 2.75) is 6.92 Å². The SMILES string of the molecule is Cc1ccc(NC(=O)c2cccnc2Br)c(C(=O)O)c1.